The Labute approximate surface area is 187 Å². The summed E-state index contributed by atoms with van der Waals surface area (Å²) in [6.07, 6.45) is 0.837. The molecule has 31 heavy (non-hydrogen) atoms. The summed E-state index contributed by atoms with van der Waals surface area (Å²) < 4.78 is 17.2. The second-order valence-electron chi connectivity index (χ2n) is 6.57. The molecule has 6 nitrogen and oxygen atoms in total. The number of carbonyl (C=O) groups excluding carboxylic acids is 1. The summed E-state index contributed by atoms with van der Waals surface area (Å²) in [5.41, 5.74) is 2.36. The van der Waals surface area contributed by atoms with E-state index in [0.717, 1.165) is 22.6 Å². The van der Waals surface area contributed by atoms with E-state index in [1.165, 1.54) is 11.3 Å². The first-order valence-corrected chi connectivity index (χ1v) is 11.4. The van der Waals surface area contributed by atoms with Crippen LogP contribution >= 0.6 is 11.3 Å². The highest BCUT2D eigenvalue weighted by Gasteiger charge is 2.20. The van der Waals surface area contributed by atoms with E-state index in [4.69, 9.17) is 14.2 Å². The number of aromatic nitrogens is 1. The first-order valence-electron chi connectivity index (χ1n) is 10.5. The van der Waals surface area contributed by atoms with Crippen molar-refractivity contribution in [3.63, 3.8) is 0 Å². The molecule has 1 heterocycles. The van der Waals surface area contributed by atoms with Gasteiger partial charge in [-0.2, -0.15) is 0 Å². The van der Waals surface area contributed by atoms with Gasteiger partial charge in [0.1, 0.15) is 0 Å². The molecule has 1 N–H and O–H groups in total. The molecule has 3 aromatic rings. The van der Waals surface area contributed by atoms with Gasteiger partial charge in [0.25, 0.3) is 5.91 Å². The predicted octanol–water partition coefficient (Wildman–Crippen LogP) is 5.82. The Morgan fingerprint density at radius 2 is 1.55 bits per heavy atom. The molecule has 0 fully saturated rings. The summed E-state index contributed by atoms with van der Waals surface area (Å²) in [5.74, 6) is 1.20. The van der Waals surface area contributed by atoms with Crippen molar-refractivity contribution in [3.8, 4) is 28.5 Å². The lowest BCUT2D eigenvalue weighted by molar-refractivity contribution is 0.102. The normalized spacial score (nSPS) is 10.6. The molecule has 0 saturated carbocycles. The van der Waals surface area contributed by atoms with Gasteiger partial charge in [0, 0.05) is 16.0 Å². The summed E-state index contributed by atoms with van der Waals surface area (Å²) in [5, 5.41) is 3.49. The molecule has 7 heteroatoms. The van der Waals surface area contributed by atoms with Gasteiger partial charge in [-0.1, -0.05) is 37.3 Å². The Kier molecular flexibility index (Phi) is 7.89. The van der Waals surface area contributed by atoms with Gasteiger partial charge < -0.3 is 14.2 Å². The Hall–Kier alpha value is -3.06. The topological polar surface area (TPSA) is 69.7 Å². The number of hydrogen-bond acceptors (Lipinski definition) is 6. The maximum absolute atomic E-state index is 13.0. The number of aryl methyl sites for hydroxylation is 1. The number of nitrogens with one attached hydrogen (secondary N) is 1. The number of carbonyl (C=O) groups is 1. The highest BCUT2D eigenvalue weighted by Crippen LogP contribution is 2.39. The van der Waals surface area contributed by atoms with Gasteiger partial charge in [-0.15, -0.1) is 11.3 Å². The monoisotopic (exact) mass is 440 g/mol. The average Bonchev–Trinajstić information content (AvgIpc) is 3.19. The lowest BCUT2D eigenvalue weighted by atomic mass is 10.1. The first-order chi connectivity index (χ1) is 15.1. The van der Waals surface area contributed by atoms with Crippen LogP contribution in [0.3, 0.4) is 0 Å². The molecule has 0 saturated heterocycles. The lowest BCUT2D eigenvalue weighted by Crippen LogP contribution is -2.13. The summed E-state index contributed by atoms with van der Waals surface area (Å²) in [7, 11) is 0. The number of rotatable bonds is 10. The van der Waals surface area contributed by atoms with Crippen molar-refractivity contribution in [3.05, 3.63) is 52.9 Å². The minimum absolute atomic E-state index is 0.277. The fraction of sp³-hybridized carbons (Fsp3) is 0.333. The highest BCUT2D eigenvalue weighted by atomic mass is 32.1. The quantitative estimate of drug-likeness (QED) is 0.430. The van der Waals surface area contributed by atoms with Crippen molar-refractivity contribution in [1.82, 2.24) is 4.98 Å². The standard InChI is InChI=1S/C24H28N2O4S/c1-5-20-21(16-12-10-9-11-13-16)25-24(31-20)26-23(27)17-14-18(28-6-2)22(30-8-4)19(15-17)29-7-3/h9-15H,5-8H2,1-4H3,(H,25,26,27). The molecule has 0 aliphatic carbocycles. The Balaban J connectivity index is 1.92. The number of ether oxygens (including phenoxy) is 3. The lowest BCUT2D eigenvalue weighted by Gasteiger charge is -2.16. The molecule has 0 unspecified atom stereocenters. The summed E-state index contributed by atoms with van der Waals surface area (Å²) in [6, 6.07) is 13.3. The van der Waals surface area contributed by atoms with Crippen molar-refractivity contribution in [2.45, 2.75) is 34.1 Å². The van der Waals surface area contributed by atoms with Gasteiger partial charge in [-0.05, 0) is 39.3 Å². The van der Waals surface area contributed by atoms with E-state index >= 15 is 0 Å². The van der Waals surface area contributed by atoms with Crippen LogP contribution < -0.4 is 19.5 Å². The van der Waals surface area contributed by atoms with Crippen molar-refractivity contribution in [2.24, 2.45) is 0 Å². The van der Waals surface area contributed by atoms with Gasteiger partial charge in [-0.25, -0.2) is 4.98 Å². The van der Waals surface area contributed by atoms with Crippen LogP contribution in [-0.2, 0) is 6.42 Å². The van der Waals surface area contributed by atoms with Crippen LogP contribution in [0.5, 0.6) is 17.2 Å². The fourth-order valence-corrected chi connectivity index (χ4v) is 4.07. The van der Waals surface area contributed by atoms with Crippen molar-refractivity contribution in [1.29, 1.82) is 0 Å². The van der Waals surface area contributed by atoms with Gasteiger partial charge in [-0.3, -0.25) is 10.1 Å². The van der Waals surface area contributed by atoms with Crippen LogP contribution in [0, 0.1) is 0 Å². The second-order valence-corrected chi connectivity index (χ2v) is 7.65. The highest BCUT2D eigenvalue weighted by molar-refractivity contribution is 7.16. The van der Waals surface area contributed by atoms with Crippen LogP contribution in [0.25, 0.3) is 11.3 Å². The third-order valence-corrected chi connectivity index (χ3v) is 5.57. The molecule has 1 amide bonds. The van der Waals surface area contributed by atoms with Crippen LogP contribution in [0.4, 0.5) is 5.13 Å². The van der Waals surface area contributed by atoms with Crippen molar-refractivity contribution < 1.29 is 19.0 Å². The van der Waals surface area contributed by atoms with Gasteiger partial charge >= 0.3 is 0 Å². The van der Waals surface area contributed by atoms with Gasteiger partial charge in [0.2, 0.25) is 5.75 Å². The number of nitrogens with zero attached hydrogens (tertiary/aromatic N) is 1. The molecule has 0 atom stereocenters. The first kappa shape index (κ1) is 22.6. The number of hydrogen-bond donors (Lipinski definition) is 1. The van der Waals surface area contributed by atoms with E-state index in [9.17, 15) is 4.79 Å². The minimum Gasteiger partial charge on any atom is -0.490 e. The molecular weight excluding hydrogens is 412 g/mol. The van der Waals surface area contributed by atoms with E-state index in [1.807, 2.05) is 51.1 Å². The smallest absolute Gasteiger partial charge is 0.257 e. The minimum atomic E-state index is -0.277. The van der Waals surface area contributed by atoms with E-state index in [0.29, 0.717) is 47.8 Å². The second kappa shape index (κ2) is 10.8. The molecule has 0 spiro atoms. The summed E-state index contributed by atoms with van der Waals surface area (Å²) in [4.78, 5) is 18.8. The van der Waals surface area contributed by atoms with E-state index < -0.39 is 0 Å². The summed E-state index contributed by atoms with van der Waals surface area (Å²) >= 11 is 1.49. The third-order valence-electron chi connectivity index (χ3n) is 4.46. The number of anilines is 1. The molecular formula is C24H28N2O4S. The van der Waals surface area contributed by atoms with Crippen LogP contribution in [0.15, 0.2) is 42.5 Å². The Morgan fingerprint density at radius 3 is 2.10 bits per heavy atom. The van der Waals surface area contributed by atoms with Crippen LogP contribution in [0.2, 0.25) is 0 Å². The fourth-order valence-electron chi connectivity index (χ4n) is 3.16. The maximum Gasteiger partial charge on any atom is 0.257 e. The number of benzene rings is 2. The number of amides is 1. The molecule has 2 aromatic carbocycles. The molecule has 0 bridgehead atoms. The third kappa shape index (κ3) is 5.35. The maximum atomic E-state index is 13.0. The van der Waals surface area contributed by atoms with E-state index in [1.54, 1.807) is 12.1 Å². The Morgan fingerprint density at radius 1 is 0.935 bits per heavy atom. The van der Waals surface area contributed by atoms with Crippen LogP contribution in [0.1, 0.15) is 42.9 Å². The molecule has 0 aliphatic heterocycles. The largest absolute Gasteiger partial charge is 0.490 e. The molecule has 164 valence electrons. The van der Waals surface area contributed by atoms with Crippen molar-refractivity contribution in [2.75, 3.05) is 25.1 Å². The van der Waals surface area contributed by atoms with Crippen molar-refractivity contribution >= 4 is 22.4 Å². The molecule has 3 rings (SSSR count). The van der Waals surface area contributed by atoms with Gasteiger partial charge in [0.15, 0.2) is 16.6 Å². The molecule has 1 aromatic heterocycles. The number of thiazole rings is 1. The van der Waals surface area contributed by atoms with Gasteiger partial charge in [0.05, 0.1) is 25.5 Å². The average molecular weight is 441 g/mol. The summed E-state index contributed by atoms with van der Waals surface area (Å²) in [6.45, 7) is 9.11. The van der Waals surface area contributed by atoms with E-state index in [-0.39, 0.29) is 5.91 Å². The molecule has 0 radical (unpaired) electrons. The SMILES string of the molecule is CCOc1cc(C(=O)Nc2nc(-c3ccccc3)c(CC)s2)cc(OCC)c1OCC. The predicted molar refractivity (Wildman–Crippen MR) is 125 cm³/mol. The zero-order valence-corrected chi connectivity index (χ0v) is 19.2. The zero-order chi connectivity index (χ0) is 22.2. The Bertz CT molecular complexity index is 991. The van der Waals surface area contributed by atoms with Crippen LogP contribution in [-0.4, -0.2) is 30.7 Å². The molecule has 0 aliphatic rings. The van der Waals surface area contributed by atoms with E-state index in [2.05, 4.69) is 17.2 Å². The zero-order valence-electron chi connectivity index (χ0n) is 18.4.